The summed E-state index contributed by atoms with van der Waals surface area (Å²) >= 11 is 0. The maximum Gasteiger partial charge on any atom is 0.216 e. The van der Waals surface area contributed by atoms with Crippen molar-refractivity contribution in [1.82, 2.24) is 14.5 Å². The van der Waals surface area contributed by atoms with Crippen LogP contribution in [0.4, 0.5) is 4.39 Å². The summed E-state index contributed by atoms with van der Waals surface area (Å²) in [7, 11) is -1.81. The Hall–Kier alpha value is -1.73. The lowest BCUT2D eigenvalue weighted by molar-refractivity contribution is 0.504. The number of fused-ring (bicyclic) bond motifs is 1. The van der Waals surface area contributed by atoms with Gasteiger partial charge in [-0.15, -0.1) is 0 Å². The van der Waals surface area contributed by atoms with Gasteiger partial charge in [-0.1, -0.05) is 12.1 Å². The molecule has 0 bridgehead atoms. The van der Waals surface area contributed by atoms with Gasteiger partial charge in [-0.2, -0.15) is 5.10 Å². The highest BCUT2D eigenvalue weighted by atomic mass is 32.2. The van der Waals surface area contributed by atoms with Crippen LogP contribution in [-0.2, 0) is 29.2 Å². The zero-order valence-electron chi connectivity index (χ0n) is 13.2. The molecule has 0 saturated carbocycles. The van der Waals surface area contributed by atoms with E-state index in [1.165, 1.54) is 12.1 Å². The van der Waals surface area contributed by atoms with E-state index in [0.29, 0.717) is 0 Å². The van der Waals surface area contributed by atoms with Crippen molar-refractivity contribution in [1.29, 1.82) is 0 Å². The van der Waals surface area contributed by atoms with E-state index in [1.807, 2.05) is 13.2 Å². The third kappa shape index (κ3) is 3.61. The number of aryl methyl sites for hydroxylation is 3. The van der Waals surface area contributed by atoms with Crippen LogP contribution in [0.25, 0.3) is 0 Å². The molecule has 1 aliphatic carbocycles. The normalized spacial score (nSPS) is 18.0. The maximum atomic E-state index is 13.9. The Balaban J connectivity index is 1.79. The number of halogens is 1. The summed E-state index contributed by atoms with van der Waals surface area (Å²) in [6.45, 7) is 1.77. The highest BCUT2D eigenvalue weighted by Crippen LogP contribution is 2.29. The average molecular weight is 337 g/mol. The van der Waals surface area contributed by atoms with Crippen LogP contribution in [0.5, 0.6) is 0 Å². The van der Waals surface area contributed by atoms with Crippen LogP contribution in [0.1, 0.15) is 41.3 Å². The van der Waals surface area contributed by atoms with Gasteiger partial charge in [-0.3, -0.25) is 4.68 Å². The van der Waals surface area contributed by atoms with Crippen LogP contribution in [-0.4, -0.2) is 18.2 Å². The molecule has 0 aliphatic heterocycles. The van der Waals surface area contributed by atoms with Crippen molar-refractivity contribution in [3.8, 4) is 0 Å². The van der Waals surface area contributed by atoms with Crippen molar-refractivity contribution in [2.45, 2.75) is 38.0 Å². The number of nitrogens with zero attached hydrogens (tertiary/aromatic N) is 2. The van der Waals surface area contributed by atoms with Gasteiger partial charge in [0.15, 0.2) is 0 Å². The van der Waals surface area contributed by atoms with E-state index in [9.17, 15) is 12.8 Å². The molecule has 1 aromatic carbocycles. The molecule has 1 unspecified atom stereocenters. The second-order valence-corrected chi connectivity index (χ2v) is 7.88. The summed E-state index contributed by atoms with van der Waals surface area (Å²) in [4.78, 5) is 0. The molecule has 1 heterocycles. The van der Waals surface area contributed by atoms with Crippen molar-refractivity contribution in [2.75, 3.05) is 0 Å². The Morgan fingerprint density at radius 3 is 2.96 bits per heavy atom. The second-order valence-electron chi connectivity index (χ2n) is 6.12. The lowest BCUT2D eigenvalue weighted by Crippen LogP contribution is -2.31. The first-order valence-electron chi connectivity index (χ1n) is 7.61. The van der Waals surface area contributed by atoms with Gasteiger partial charge in [0.1, 0.15) is 5.82 Å². The number of rotatable bonds is 4. The van der Waals surface area contributed by atoms with E-state index in [4.69, 9.17) is 0 Å². The fourth-order valence-electron chi connectivity index (χ4n) is 3.02. The van der Waals surface area contributed by atoms with Gasteiger partial charge >= 0.3 is 0 Å². The molecule has 7 heteroatoms. The molecule has 0 radical (unpaired) electrons. The molecule has 5 nitrogen and oxygen atoms in total. The molecule has 1 aliphatic rings. The highest BCUT2D eigenvalue weighted by Gasteiger charge is 2.27. The third-order valence-corrected chi connectivity index (χ3v) is 5.43. The fraction of sp³-hybridized carbons (Fsp3) is 0.438. The van der Waals surface area contributed by atoms with E-state index in [-0.39, 0.29) is 17.4 Å². The molecule has 23 heavy (non-hydrogen) atoms. The fourth-order valence-corrected chi connectivity index (χ4v) is 4.43. The number of aromatic nitrogens is 2. The monoisotopic (exact) mass is 337 g/mol. The van der Waals surface area contributed by atoms with Gasteiger partial charge in [0.05, 0.1) is 17.5 Å². The molecule has 1 N–H and O–H groups in total. The van der Waals surface area contributed by atoms with E-state index in [1.54, 1.807) is 17.7 Å². The van der Waals surface area contributed by atoms with Crippen LogP contribution < -0.4 is 4.72 Å². The first-order chi connectivity index (χ1) is 10.8. The van der Waals surface area contributed by atoms with Crippen LogP contribution >= 0.6 is 0 Å². The SMILES string of the molecule is Cc1ccc(CS(=O)(=O)NC2CCCc3nn(C)cc32)c(F)c1. The smallest absolute Gasteiger partial charge is 0.216 e. The number of benzene rings is 1. The van der Waals surface area contributed by atoms with Gasteiger partial charge in [0, 0.05) is 24.4 Å². The Morgan fingerprint density at radius 2 is 2.22 bits per heavy atom. The summed E-state index contributed by atoms with van der Waals surface area (Å²) in [5, 5.41) is 4.36. The van der Waals surface area contributed by atoms with Crippen molar-refractivity contribution in [2.24, 2.45) is 7.05 Å². The number of hydrogen-bond donors (Lipinski definition) is 1. The minimum Gasteiger partial charge on any atom is -0.275 e. The Bertz CT molecular complexity index is 830. The topological polar surface area (TPSA) is 64.0 Å². The third-order valence-electron chi connectivity index (χ3n) is 4.10. The summed E-state index contributed by atoms with van der Waals surface area (Å²) in [5.74, 6) is -0.841. The van der Waals surface area contributed by atoms with Gasteiger partial charge < -0.3 is 0 Å². The summed E-state index contributed by atoms with van der Waals surface area (Å²) < 4.78 is 43.1. The van der Waals surface area contributed by atoms with Crippen molar-refractivity contribution >= 4 is 10.0 Å². The van der Waals surface area contributed by atoms with Crippen LogP contribution in [0, 0.1) is 12.7 Å². The number of nitrogens with one attached hydrogen (secondary N) is 1. The van der Waals surface area contributed by atoms with Crippen LogP contribution in [0.2, 0.25) is 0 Å². The molecule has 2 aromatic rings. The highest BCUT2D eigenvalue weighted by molar-refractivity contribution is 7.88. The van der Waals surface area contributed by atoms with Crippen molar-refractivity contribution in [3.05, 3.63) is 52.6 Å². The predicted octanol–water partition coefficient (Wildman–Crippen LogP) is 2.36. The molecular formula is C16H20FN3O2S. The standard InChI is InChI=1S/C16H20FN3O2S/c1-11-6-7-12(14(17)8-11)10-23(21,22)19-16-5-3-4-15-13(16)9-20(2)18-15/h6-9,16,19H,3-5,10H2,1-2H3. The van der Waals surface area contributed by atoms with E-state index >= 15 is 0 Å². The Morgan fingerprint density at radius 1 is 1.43 bits per heavy atom. The van der Waals surface area contributed by atoms with E-state index in [0.717, 1.165) is 36.1 Å². The molecule has 1 atom stereocenters. The van der Waals surface area contributed by atoms with Gasteiger partial charge in [-0.05, 0) is 37.8 Å². The second kappa shape index (κ2) is 6.05. The molecule has 3 rings (SSSR count). The minimum atomic E-state index is -3.63. The predicted molar refractivity (Wildman–Crippen MR) is 85.8 cm³/mol. The van der Waals surface area contributed by atoms with Gasteiger partial charge in [-0.25, -0.2) is 17.5 Å². The lowest BCUT2D eigenvalue weighted by Gasteiger charge is -2.22. The molecule has 0 spiro atoms. The average Bonchev–Trinajstić information content (AvgIpc) is 2.83. The maximum absolute atomic E-state index is 13.9. The lowest BCUT2D eigenvalue weighted by atomic mass is 9.94. The van der Waals surface area contributed by atoms with Crippen molar-refractivity contribution in [3.63, 3.8) is 0 Å². The Kier molecular flexibility index (Phi) is 4.25. The first-order valence-corrected chi connectivity index (χ1v) is 9.27. The zero-order valence-corrected chi connectivity index (χ0v) is 14.0. The molecular weight excluding hydrogens is 317 g/mol. The molecule has 0 saturated heterocycles. The molecule has 0 fully saturated rings. The van der Waals surface area contributed by atoms with Gasteiger partial charge in [0.25, 0.3) is 0 Å². The molecule has 1 aromatic heterocycles. The summed E-state index contributed by atoms with van der Waals surface area (Å²) in [5.41, 5.74) is 2.81. The zero-order chi connectivity index (χ0) is 16.6. The quantitative estimate of drug-likeness (QED) is 0.931. The Labute approximate surface area is 135 Å². The van der Waals surface area contributed by atoms with E-state index in [2.05, 4.69) is 9.82 Å². The number of sulfonamides is 1. The summed E-state index contributed by atoms with van der Waals surface area (Å²) in [6, 6.07) is 4.31. The van der Waals surface area contributed by atoms with Crippen molar-refractivity contribution < 1.29 is 12.8 Å². The molecule has 0 amide bonds. The van der Waals surface area contributed by atoms with Crippen LogP contribution in [0.15, 0.2) is 24.4 Å². The first kappa shape index (κ1) is 16.1. The molecule has 124 valence electrons. The van der Waals surface area contributed by atoms with Gasteiger partial charge in [0.2, 0.25) is 10.0 Å². The van der Waals surface area contributed by atoms with Crippen LogP contribution in [0.3, 0.4) is 0 Å². The van der Waals surface area contributed by atoms with E-state index < -0.39 is 15.8 Å². The summed E-state index contributed by atoms with van der Waals surface area (Å²) in [6.07, 6.45) is 4.33. The minimum absolute atomic E-state index is 0.185. The largest absolute Gasteiger partial charge is 0.275 e. The number of hydrogen-bond acceptors (Lipinski definition) is 3.